The Morgan fingerprint density at radius 2 is 2.05 bits per heavy atom. The smallest absolute Gasteiger partial charge is 0.341 e. The molecule has 0 aromatic carbocycles. The molecule has 2 aromatic rings. The van der Waals surface area contributed by atoms with E-state index in [1.807, 2.05) is 6.92 Å². The molecule has 2 rings (SSSR count). The summed E-state index contributed by atoms with van der Waals surface area (Å²) in [5.41, 5.74) is 0.515. The highest BCUT2D eigenvalue weighted by Crippen LogP contribution is 2.29. The molecule has 0 saturated heterocycles. The fourth-order valence-corrected chi connectivity index (χ4v) is 2.57. The van der Waals surface area contributed by atoms with E-state index in [1.165, 1.54) is 17.4 Å². The zero-order chi connectivity index (χ0) is 15.6. The second kappa shape index (κ2) is 6.09. The number of carbonyl (C=O) groups excluding carboxylic acids is 2. The van der Waals surface area contributed by atoms with E-state index >= 15 is 0 Å². The van der Waals surface area contributed by atoms with Crippen LogP contribution in [0.25, 0.3) is 0 Å². The molecular weight excluding hydrogens is 292 g/mol. The summed E-state index contributed by atoms with van der Waals surface area (Å²) in [4.78, 5) is 25.0. The Labute approximate surface area is 126 Å². The number of nitrogens with one attached hydrogen (secondary N) is 1. The van der Waals surface area contributed by atoms with E-state index in [4.69, 9.17) is 9.26 Å². The second-order valence-corrected chi connectivity index (χ2v) is 6.09. The minimum atomic E-state index is -0.457. The Balaban J connectivity index is 2.20. The molecule has 0 bridgehead atoms. The van der Waals surface area contributed by atoms with E-state index in [0.717, 1.165) is 4.88 Å². The van der Waals surface area contributed by atoms with Gasteiger partial charge in [0, 0.05) is 10.9 Å². The van der Waals surface area contributed by atoms with Crippen molar-refractivity contribution in [3.05, 3.63) is 34.0 Å². The number of aromatic nitrogens is 1. The number of aryl methyl sites for hydroxylation is 2. The normalized spacial score (nSPS) is 10.7. The number of carbonyl (C=O) groups is 2. The maximum absolute atomic E-state index is 12.1. The van der Waals surface area contributed by atoms with E-state index < -0.39 is 11.9 Å². The maximum Gasteiger partial charge on any atom is 0.341 e. The third-order valence-corrected chi connectivity index (χ3v) is 3.47. The molecule has 0 aliphatic rings. The van der Waals surface area contributed by atoms with E-state index in [-0.39, 0.29) is 11.8 Å². The number of hydrogen-bond donors (Lipinski definition) is 1. The average Bonchev–Trinajstić information content (AvgIpc) is 2.95. The first-order chi connectivity index (χ1) is 9.86. The number of ether oxygens (including phenoxy) is 1. The summed E-state index contributed by atoms with van der Waals surface area (Å²) in [5, 5.41) is 6.76. The summed E-state index contributed by atoms with van der Waals surface area (Å²) in [7, 11) is 0. The van der Waals surface area contributed by atoms with Crippen molar-refractivity contribution in [3.8, 4) is 0 Å². The first-order valence-electron chi connectivity index (χ1n) is 6.43. The molecular formula is C14H16N2O4S. The Kier molecular flexibility index (Phi) is 4.42. The molecule has 21 heavy (non-hydrogen) atoms. The summed E-state index contributed by atoms with van der Waals surface area (Å²) in [6.45, 7) is 7.10. The van der Waals surface area contributed by atoms with Gasteiger partial charge < -0.3 is 14.6 Å². The predicted molar refractivity (Wildman–Crippen MR) is 78.8 cm³/mol. The van der Waals surface area contributed by atoms with Gasteiger partial charge in [-0.2, -0.15) is 0 Å². The van der Waals surface area contributed by atoms with Crippen molar-refractivity contribution in [2.45, 2.75) is 33.8 Å². The van der Waals surface area contributed by atoms with Crippen molar-refractivity contribution in [1.82, 2.24) is 5.16 Å². The van der Waals surface area contributed by atoms with Crippen LogP contribution in [0.4, 0.5) is 5.00 Å². The number of thiophene rings is 1. The molecule has 2 aromatic heterocycles. The van der Waals surface area contributed by atoms with Crippen LogP contribution in [0.2, 0.25) is 0 Å². The molecule has 112 valence electrons. The van der Waals surface area contributed by atoms with Crippen LogP contribution in [0.3, 0.4) is 0 Å². The van der Waals surface area contributed by atoms with Crippen LogP contribution < -0.4 is 5.32 Å². The highest BCUT2D eigenvalue weighted by atomic mass is 32.1. The van der Waals surface area contributed by atoms with Gasteiger partial charge in [-0.15, -0.1) is 11.3 Å². The van der Waals surface area contributed by atoms with E-state index in [2.05, 4.69) is 10.5 Å². The zero-order valence-corrected chi connectivity index (χ0v) is 13.0. The van der Waals surface area contributed by atoms with Crippen LogP contribution in [0.1, 0.15) is 45.3 Å². The van der Waals surface area contributed by atoms with Gasteiger partial charge in [0.1, 0.15) is 10.8 Å². The summed E-state index contributed by atoms with van der Waals surface area (Å²) in [6.07, 6.45) is -0.223. The Morgan fingerprint density at radius 1 is 1.33 bits per heavy atom. The number of anilines is 1. The van der Waals surface area contributed by atoms with Gasteiger partial charge in [-0.25, -0.2) is 4.79 Å². The molecule has 0 aliphatic heterocycles. The van der Waals surface area contributed by atoms with Crippen molar-refractivity contribution >= 4 is 28.2 Å². The first-order valence-corrected chi connectivity index (χ1v) is 7.24. The van der Waals surface area contributed by atoms with Crippen molar-refractivity contribution in [2.75, 3.05) is 5.32 Å². The lowest BCUT2D eigenvalue weighted by Crippen LogP contribution is -2.16. The van der Waals surface area contributed by atoms with Gasteiger partial charge in [0.2, 0.25) is 0 Å². The topological polar surface area (TPSA) is 81.4 Å². The molecule has 0 aliphatic carbocycles. The van der Waals surface area contributed by atoms with Crippen molar-refractivity contribution in [2.24, 2.45) is 0 Å². The fourth-order valence-electron chi connectivity index (χ4n) is 1.68. The highest BCUT2D eigenvalue weighted by Gasteiger charge is 2.20. The number of rotatable bonds is 4. The summed E-state index contributed by atoms with van der Waals surface area (Å²) in [5.74, 6) is -0.338. The molecule has 1 amide bonds. The van der Waals surface area contributed by atoms with Gasteiger partial charge in [-0.3, -0.25) is 4.79 Å². The number of hydrogen-bond acceptors (Lipinski definition) is 6. The Hall–Kier alpha value is -2.15. The predicted octanol–water partition coefficient (Wildman–Crippen LogP) is 3.17. The summed E-state index contributed by atoms with van der Waals surface area (Å²) >= 11 is 1.31. The molecule has 0 atom stereocenters. The van der Waals surface area contributed by atoms with Gasteiger partial charge >= 0.3 is 5.97 Å². The van der Waals surface area contributed by atoms with Gasteiger partial charge in [0.05, 0.1) is 11.7 Å². The third-order valence-electron chi connectivity index (χ3n) is 2.51. The lowest BCUT2D eigenvalue weighted by atomic mass is 10.3. The fraction of sp³-hybridized carbons (Fsp3) is 0.357. The first kappa shape index (κ1) is 15.2. The Bertz CT molecular complexity index is 672. The Morgan fingerprint density at radius 3 is 2.62 bits per heavy atom. The van der Waals surface area contributed by atoms with Crippen LogP contribution in [0.5, 0.6) is 0 Å². The SMILES string of the molecule is Cc1cc(C(=O)Nc2sc(C)cc2C(=O)OC(C)C)no1. The van der Waals surface area contributed by atoms with Crippen molar-refractivity contribution in [3.63, 3.8) is 0 Å². The highest BCUT2D eigenvalue weighted by molar-refractivity contribution is 7.16. The van der Waals surface area contributed by atoms with E-state index in [0.29, 0.717) is 16.3 Å². The molecule has 0 spiro atoms. The molecule has 2 heterocycles. The van der Waals surface area contributed by atoms with Gasteiger partial charge in [0.25, 0.3) is 5.91 Å². The molecule has 6 nitrogen and oxygen atoms in total. The summed E-state index contributed by atoms with van der Waals surface area (Å²) < 4.78 is 10.0. The molecule has 1 N–H and O–H groups in total. The van der Waals surface area contributed by atoms with E-state index in [9.17, 15) is 9.59 Å². The van der Waals surface area contributed by atoms with Gasteiger partial charge in [0.15, 0.2) is 5.69 Å². The maximum atomic E-state index is 12.1. The monoisotopic (exact) mass is 308 g/mol. The lowest BCUT2D eigenvalue weighted by molar-refractivity contribution is 0.0379. The molecule has 0 fully saturated rings. The standard InChI is InChI=1S/C14H16N2O4S/c1-7(2)19-14(18)10-6-9(4)21-13(10)15-12(17)11-5-8(3)20-16-11/h5-7H,1-4H3,(H,15,17). The van der Waals surface area contributed by atoms with Crippen LogP contribution in [0, 0.1) is 13.8 Å². The zero-order valence-electron chi connectivity index (χ0n) is 12.2. The van der Waals surface area contributed by atoms with Gasteiger partial charge in [-0.1, -0.05) is 5.16 Å². The molecule has 0 saturated carbocycles. The van der Waals surface area contributed by atoms with Gasteiger partial charge in [-0.05, 0) is 33.8 Å². The summed E-state index contributed by atoms with van der Waals surface area (Å²) in [6, 6.07) is 3.22. The number of amides is 1. The van der Waals surface area contributed by atoms with Crippen molar-refractivity contribution in [1.29, 1.82) is 0 Å². The van der Waals surface area contributed by atoms with Crippen molar-refractivity contribution < 1.29 is 18.8 Å². The minimum Gasteiger partial charge on any atom is -0.459 e. The van der Waals surface area contributed by atoms with Crippen LogP contribution in [-0.4, -0.2) is 23.1 Å². The largest absolute Gasteiger partial charge is 0.459 e. The molecule has 7 heteroatoms. The quantitative estimate of drug-likeness (QED) is 0.877. The number of nitrogens with zero attached hydrogens (tertiary/aromatic N) is 1. The van der Waals surface area contributed by atoms with Crippen LogP contribution >= 0.6 is 11.3 Å². The van der Waals surface area contributed by atoms with Crippen LogP contribution in [-0.2, 0) is 4.74 Å². The lowest BCUT2D eigenvalue weighted by Gasteiger charge is -2.08. The minimum absolute atomic E-state index is 0.168. The molecule has 0 radical (unpaired) electrons. The number of esters is 1. The second-order valence-electron chi connectivity index (χ2n) is 4.83. The average molecular weight is 308 g/mol. The third kappa shape index (κ3) is 3.69. The van der Waals surface area contributed by atoms with Crippen LogP contribution in [0.15, 0.2) is 16.7 Å². The van der Waals surface area contributed by atoms with E-state index in [1.54, 1.807) is 26.8 Å². The molecule has 0 unspecified atom stereocenters.